The summed E-state index contributed by atoms with van der Waals surface area (Å²) in [5.41, 5.74) is 2.40. The van der Waals surface area contributed by atoms with Gasteiger partial charge < -0.3 is 19.8 Å². The Bertz CT molecular complexity index is 975. The number of halogens is 6. The highest BCUT2D eigenvalue weighted by molar-refractivity contribution is 7.13. The fourth-order valence-corrected chi connectivity index (χ4v) is 4.23. The lowest BCUT2D eigenvalue weighted by Crippen LogP contribution is -2.39. The zero-order chi connectivity index (χ0) is 27.6. The third-order valence-corrected chi connectivity index (χ3v) is 5.98. The predicted molar refractivity (Wildman–Crippen MR) is 119 cm³/mol. The molecule has 2 N–H and O–H groups in total. The van der Waals surface area contributed by atoms with Gasteiger partial charge in [0.1, 0.15) is 0 Å². The number of ether oxygens (including phenoxy) is 1. The molecule has 0 spiro atoms. The Balaban J connectivity index is 0.000000286. The van der Waals surface area contributed by atoms with E-state index in [2.05, 4.69) is 26.2 Å². The molecule has 206 valence electrons. The van der Waals surface area contributed by atoms with Crippen molar-refractivity contribution >= 4 is 28.4 Å². The van der Waals surface area contributed by atoms with Gasteiger partial charge in [-0.1, -0.05) is 6.07 Å². The number of aliphatic carboxylic acids is 2. The number of thiazole rings is 1. The molecule has 0 aromatic carbocycles. The maximum absolute atomic E-state index is 10.6. The third-order valence-electron chi connectivity index (χ3n) is 5.06. The standard InChI is InChI=1S/C17H22N4OS.2C2HF3O2/c1-2-7-20(6-1)17-19-15(13-23-17)16-12-22-9-8-21(16)11-14-4-3-5-18-10-14;2*3-2(4,5)1(6)7/h3-5,10,13,16H,1-2,6-9,11-12H2;2*(H,6,7). The monoisotopic (exact) mass is 558 g/mol. The van der Waals surface area contributed by atoms with Crippen LogP contribution >= 0.6 is 11.3 Å². The summed E-state index contributed by atoms with van der Waals surface area (Å²) in [5.74, 6) is -5.51. The molecule has 1 atom stereocenters. The molecule has 2 aliphatic heterocycles. The van der Waals surface area contributed by atoms with Crippen molar-refractivity contribution in [1.82, 2.24) is 14.9 Å². The Hall–Kier alpha value is -2.98. The van der Waals surface area contributed by atoms with Gasteiger partial charge in [0.2, 0.25) is 0 Å². The minimum absolute atomic E-state index is 0.247. The summed E-state index contributed by atoms with van der Waals surface area (Å²) in [5, 5.41) is 17.6. The van der Waals surface area contributed by atoms with Crippen molar-refractivity contribution < 1.29 is 50.9 Å². The molecule has 0 aliphatic carbocycles. The number of hydrogen-bond acceptors (Lipinski definition) is 8. The molecular weight excluding hydrogens is 534 g/mol. The second-order valence-corrected chi connectivity index (χ2v) is 8.61. The van der Waals surface area contributed by atoms with Gasteiger partial charge in [0, 0.05) is 44.0 Å². The molecule has 2 aliphatic rings. The first-order chi connectivity index (χ1) is 17.3. The summed E-state index contributed by atoms with van der Waals surface area (Å²) in [6, 6.07) is 4.38. The quantitative estimate of drug-likeness (QED) is 0.538. The first-order valence-electron chi connectivity index (χ1n) is 10.8. The number of nitrogens with zero attached hydrogens (tertiary/aromatic N) is 4. The van der Waals surface area contributed by atoms with Crippen LogP contribution in [0.25, 0.3) is 0 Å². The SMILES string of the molecule is O=C(O)C(F)(F)F.O=C(O)C(F)(F)F.c1cncc(CN2CCOCC2c2csc(N3CCCC3)n2)c1. The minimum Gasteiger partial charge on any atom is -0.475 e. The molecule has 0 radical (unpaired) electrons. The first-order valence-corrected chi connectivity index (χ1v) is 11.7. The summed E-state index contributed by atoms with van der Waals surface area (Å²) >= 11 is 1.77. The molecule has 0 amide bonds. The summed E-state index contributed by atoms with van der Waals surface area (Å²) in [6.07, 6.45) is -3.82. The highest BCUT2D eigenvalue weighted by Gasteiger charge is 2.39. The highest BCUT2D eigenvalue weighted by atomic mass is 32.1. The second kappa shape index (κ2) is 13.5. The Morgan fingerprint density at radius 2 is 1.65 bits per heavy atom. The summed E-state index contributed by atoms with van der Waals surface area (Å²) in [7, 11) is 0. The van der Waals surface area contributed by atoms with Crippen LogP contribution in [0.3, 0.4) is 0 Å². The van der Waals surface area contributed by atoms with Crippen molar-refractivity contribution in [2.45, 2.75) is 37.8 Å². The van der Waals surface area contributed by atoms with E-state index < -0.39 is 24.3 Å². The Morgan fingerprint density at radius 3 is 2.16 bits per heavy atom. The fraction of sp³-hybridized carbons (Fsp3) is 0.524. The highest BCUT2D eigenvalue weighted by Crippen LogP contribution is 2.31. The van der Waals surface area contributed by atoms with Gasteiger partial charge in [0.05, 0.1) is 24.9 Å². The van der Waals surface area contributed by atoms with E-state index in [0.29, 0.717) is 0 Å². The number of hydrogen-bond donors (Lipinski definition) is 2. The van der Waals surface area contributed by atoms with E-state index in [4.69, 9.17) is 29.5 Å². The van der Waals surface area contributed by atoms with Crippen LogP contribution in [0.5, 0.6) is 0 Å². The number of rotatable bonds is 4. The van der Waals surface area contributed by atoms with Crippen LogP contribution in [-0.2, 0) is 20.9 Å². The van der Waals surface area contributed by atoms with Crippen LogP contribution in [0.2, 0.25) is 0 Å². The average molecular weight is 559 g/mol. The zero-order valence-electron chi connectivity index (χ0n) is 19.2. The minimum atomic E-state index is -5.08. The van der Waals surface area contributed by atoms with Gasteiger partial charge in [-0.3, -0.25) is 9.88 Å². The molecule has 9 nitrogen and oxygen atoms in total. The van der Waals surface area contributed by atoms with Crippen LogP contribution in [0.1, 0.15) is 30.1 Å². The number of pyridine rings is 1. The van der Waals surface area contributed by atoms with E-state index in [0.717, 1.165) is 45.1 Å². The second-order valence-electron chi connectivity index (χ2n) is 7.78. The van der Waals surface area contributed by atoms with Gasteiger partial charge in [-0.2, -0.15) is 26.3 Å². The van der Waals surface area contributed by atoms with Crippen LogP contribution in [0.4, 0.5) is 31.5 Å². The Kier molecular flexibility index (Phi) is 11.1. The number of aromatic nitrogens is 2. The molecule has 2 fully saturated rings. The fourth-order valence-electron chi connectivity index (χ4n) is 3.31. The van der Waals surface area contributed by atoms with E-state index in [9.17, 15) is 26.3 Å². The third kappa shape index (κ3) is 10.1. The van der Waals surface area contributed by atoms with E-state index in [1.807, 2.05) is 18.5 Å². The lowest BCUT2D eigenvalue weighted by Gasteiger charge is -2.34. The molecular formula is C21H24F6N4O5S. The molecule has 2 saturated heterocycles. The van der Waals surface area contributed by atoms with Crippen molar-refractivity contribution in [2.75, 3.05) is 37.7 Å². The maximum atomic E-state index is 10.6. The Labute approximate surface area is 211 Å². The summed E-state index contributed by atoms with van der Waals surface area (Å²) < 4.78 is 69.2. The van der Waals surface area contributed by atoms with Crippen LogP contribution in [0, 0.1) is 0 Å². The zero-order valence-corrected chi connectivity index (χ0v) is 20.0. The number of anilines is 1. The van der Waals surface area contributed by atoms with Crippen molar-refractivity contribution in [3.8, 4) is 0 Å². The van der Waals surface area contributed by atoms with Crippen molar-refractivity contribution in [1.29, 1.82) is 0 Å². The largest absolute Gasteiger partial charge is 0.490 e. The van der Waals surface area contributed by atoms with E-state index in [1.165, 1.54) is 23.5 Å². The van der Waals surface area contributed by atoms with Crippen LogP contribution < -0.4 is 4.90 Å². The lowest BCUT2D eigenvalue weighted by molar-refractivity contribution is -0.193. The molecule has 4 rings (SSSR count). The van der Waals surface area contributed by atoms with Gasteiger partial charge in [-0.25, -0.2) is 14.6 Å². The maximum Gasteiger partial charge on any atom is 0.490 e. The number of carbonyl (C=O) groups is 2. The number of alkyl halides is 6. The van der Waals surface area contributed by atoms with Gasteiger partial charge in [-0.05, 0) is 24.5 Å². The van der Waals surface area contributed by atoms with Gasteiger partial charge in [0.25, 0.3) is 0 Å². The first kappa shape index (κ1) is 30.2. The van der Waals surface area contributed by atoms with E-state index >= 15 is 0 Å². The molecule has 16 heteroatoms. The Morgan fingerprint density at radius 1 is 1.05 bits per heavy atom. The lowest BCUT2D eigenvalue weighted by atomic mass is 10.1. The summed E-state index contributed by atoms with van der Waals surface area (Å²) in [6.45, 7) is 5.65. The normalized spacial score (nSPS) is 18.3. The van der Waals surface area contributed by atoms with Crippen molar-refractivity contribution in [2.24, 2.45) is 0 Å². The number of carboxylic acids is 2. The van der Waals surface area contributed by atoms with E-state index in [-0.39, 0.29) is 6.04 Å². The molecule has 2 aromatic rings. The van der Waals surface area contributed by atoms with Crippen molar-refractivity contribution in [3.05, 3.63) is 41.2 Å². The van der Waals surface area contributed by atoms with Crippen LogP contribution in [0.15, 0.2) is 29.9 Å². The van der Waals surface area contributed by atoms with Crippen LogP contribution in [-0.4, -0.2) is 82.2 Å². The van der Waals surface area contributed by atoms with Gasteiger partial charge in [0.15, 0.2) is 5.13 Å². The molecule has 1 unspecified atom stereocenters. The molecule has 4 heterocycles. The topological polar surface area (TPSA) is 116 Å². The average Bonchev–Trinajstić information content (AvgIpc) is 3.52. The predicted octanol–water partition coefficient (Wildman–Crippen LogP) is 3.98. The van der Waals surface area contributed by atoms with Crippen molar-refractivity contribution in [3.63, 3.8) is 0 Å². The summed E-state index contributed by atoms with van der Waals surface area (Å²) in [4.78, 5) is 31.8. The number of morpholine rings is 1. The molecule has 37 heavy (non-hydrogen) atoms. The molecule has 0 bridgehead atoms. The van der Waals surface area contributed by atoms with Gasteiger partial charge >= 0.3 is 24.3 Å². The van der Waals surface area contributed by atoms with E-state index in [1.54, 1.807) is 11.3 Å². The molecule has 0 saturated carbocycles. The van der Waals surface area contributed by atoms with Gasteiger partial charge in [-0.15, -0.1) is 11.3 Å². The number of carboxylic acid groups (broad SMARTS) is 2. The molecule has 2 aromatic heterocycles. The smallest absolute Gasteiger partial charge is 0.475 e.